The van der Waals surface area contributed by atoms with Crippen LogP contribution in [-0.2, 0) is 0 Å². The van der Waals surface area contributed by atoms with Crippen molar-refractivity contribution in [3.05, 3.63) is 0 Å². The molecule has 2 fully saturated rings. The minimum atomic E-state index is 0.337. The van der Waals surface area contributed by atoms with E-state index in [2.05, 4.69) is 4.90 Å². The summed E-state index contributed by atoms with van der Waals surface area (Å²) in [6.07, 6.45) is 4.22. The van der Waals surface area contributed by atoms with Crippen LogP contribution < -0.4 is 0 Å². The Bertz CT molecular complexity index is 126. The van der Waals surface area contributed by atoms with Crippen LogP contribution in [0.25, 0.3) is 0 Å². The molecule has 0 radical (unpaired) electrons. The van der Waals surface area contributed by atoms with Crippen LogP contribution in [0.4, 0.5) is 0 Å². The van der Waals surface area contributed by atoms with Gasteiger partial charge in [0.05, 0.1) is 6.61 Å². The Morgan fingerprint density at radius 1 is 1.40 bits per heavy atom. The third-order valence-electron chi connectivity index (χ3n) is 2.91. The fourth-order valence-corrected chi connectivity index (χ4v) is 2.43. The maximum Gasteiger partial charge on any atom is 0.0558 e. The molecule has 10 heavy (non-hydrogen) atoms. The van der Waals surface area contributed by atoms with Crippen molar-refractivity contribution in [2.24, 2.45) is 5.92 Å². The second kappa shape index (κ2) is 2.51. The van der Waals surface area contributed by atoms with E-state index in [-0.39, 0.29) is 0 Å². The Kier molecular flexibility index (Phi) is 1.66. The van der Waals surface area contributed by atoms with Crippen molar-refractivity contribution < 1.29 is 5.11 Å². The lowest BCUT2D eigenvalue weighted by molar-refractivity contribution is 0.163. The summed E-state index contributed by atoms with van der Waals surface area (Å²) in [4.78, 5) is 2.44. The zero-order valence-corrected chi connectivity index (χ0v) is 6.29. The van der Waals surface area contributed by atoms with Gasteiger partial charge in [-0.15, -0.1) is 0 Å². The van der Waals surface area contributed by atoms with Crippen LogP contribution in [0.5, 0.6) is 0 Å². The number of aliphatic hydroxyl groups is 1. The van der Waals surface area contributed by atoms with Crippen molar-refractivity contribution in [3.63, 3.8) is 0 Å². The molecule has 2 atom stereocenters. The smallest absolute Gasteiger partial charge is 0.0558 e. The highest BCUT2D eigenvalue weighted by Crippen LogP contribution is 2.36. The van der Waals surface area contributed by atoms with Gasteiger partial charge in [-0.1, -0.05) is 0 Å². The summed E-state index contributed by atoms with van der Waals surface area (Å²) in [5, 5.41) is 8.71. The third kappa shape index (κ3) is 0.956. The summed E-state index contributed by atoms with van der Waals surface area (Å²) >= 11 is 0. The number of aliphatic hydroxyl groups excluding tert-OH is 1. The Hall–Kier alpha value is -0.0800. The van der Waals surface area contributed by atoms with Gasteiger partial charge in [-0.3, -0.25) is 4.90 Å². The molecule has 1 saturated heterocycles. The second-order valence-electron chi connectivity index (χ2n) is 3.55. The van der Waals surface area contributed by atoms with Crippen molar-refractivity contribution >= 4 is 0 Å². The fourth-order valence-electron chi connectivity index (χ4n) is 2.43. The first-order valence-electron chi connectivity index (χ1n) is 4.25. The number of piperidine rings is 1. The maximum absolute atomic E-state index is 8.71. The molecule has 2 unspecified atom stereocenters. The number of β-amino-alcohol motifs (C(OH)–C–C–N with tert-alkyl or cyclic N) is 1. The standard InChI is InChI=1S/C8H15NO/c10-4-3-9-6-7-1-2-8(9)5-7/h7-8,10H,1-6H2. The van der Waals surface area contributed by atoms with Crippen molar-refractivity contribution in [1.82, 2.24) is 4.90 Å². The van der Waals surface area contributed by atoms with Crippen LogP contribution in [0.2, 0.25) is 0 Å². The predicted octanol–water partition coefficient (Wildman–Crippen LogP) is 0.463. The molecule has 0 spiro atoms. The first-order chi connectivity index (χ1) is 4.90. The Morgan fingerprint density at radius 2 is 2.30 bits per heavy atom. The van der Waals surface area contributed by atoms with Crippen molar-refractivity contribution in [2.75, 3.05) is 19.7 Å². The fraction of sp³-hybridized carbons (Fsp3) is 1.00. The highest BCUT2D eigenvalue weighted by atomic mass is 16.3. The van der Waals surface area contributed by atoms with E-state index in [0.717, 1.165) is 18.5 Å². The lowest BCUT2D eigenvalue weighted by Gasteiger charge is -2.25. The molecule has 2 nitrogen and oxygen atoms in total. The molecule has 0 aromatic heterocycles. The van der Waals surface area contributed by atoms with Crippen LogP contribution in [0, 0.1) is 5.92 Å². The molecule has 1 saturated carbocycles. The van der Waals surface area contributed by atoms with Gasteiger partial charge in [0.25, 0.3) is 0 Å². The lowest BCUT2D eigenvalue weighted by atomic mass is 10.1. The predicted molar refractivity (Wildman–Crippen MR) is 39.8 cm³/mol. The van der Waals surface area contributed by atoms with Gasteiger partial charge in [0.1, 0.15) is 0 Å². The third-order valence-corrected chi connectivity index (χ3v) is 2.91. The summed E-state index contributed by atoms with van der Waals surface area (Å²) in [6, 6.07) is 0.831. The first kappa shape index (κ1) is 6.62. The summed E-state index contributed by atoms with van der Waals surface area (Å²) < 4.78 is 0. The molecule has 1 heterocycles. The highest BCUT2D eigenvalue weighted by Gasteiger charge is 2.36. The van der Waals surface area contributed by atoms with Crippen molar-refractivity contribution in [3.8, 4) is 0 Å². The van der Waals surface area contributed by atoms with Gasteiger partial charge in [0.15, 0.2) is 0 Å². The zero-order valence-electron chi connectivity index (χ0n) is 6.29. The van der Waals surface area contributed by atoms with Crippen LogP contribution in [0.15, 0.2) is 0 Å². The monoisotopic (exact) mass is 141 g/mol. The van der Waals surface area contributed by atoms with Gasteiger partial charge in [-0.2, -0.15) is 0 Å². The number of likely N-dealkylation sites (tertiary alicyclic amines) is 1. The molecular formula is C8H15NO. The molecule has 58 valence electrons. The quantitative estimate of drug-likeness (QED) is 0.604. The van der Waals surface area contributed by atoms with E-state index in [1.54, 1.807) is 0 Å². The second-order valence-corrected chi connectivity index (χ2v) is 3.55. The van der Waals surface area contributed by atoms with Crippen LogP contribution in [0.3, 0.4) is 0 Å². The maximum atomic E-state index is 8.71. The van der Waals surface area contributed by atoms with E-state index in [9.17, 15) is 0 Å². The number of nitrogens with zero attached hydrogens (tertiary/aromatic N) is 1. The minimum Gasteiger partial charge on any atom is -0.395 e. The van der Waals surface area contributed by atoms with Crippen molar-refractivity contribution in [1.29, 1.82) is 0 Å². The van der Waals surface area contributed by atoms with E-state index in [0.29, 0.717) is 6.61 Å². The lowest BCUT2D eigenvalue weighted by Crippen LogP contribution is -2.34. The van der Waals surface area contributed by atoms with Crippen LogP contribution >= 0.6 is 0 Å². The van der Waals surface area contributed by atoms with Gasteiger partial charge in [0.2, 0.25) is 0 Å². The van der Waals surface area contributed by atoms with Crippen LogP contribution in [-0.4, -0.2) is 35.7 Å². The van der Waals surface area contributed by atoms with Gasteiger partial charge in [-0.05, 0) is 25.2 Å². The Balaban J connectivity index is 1.90. The summed E-state index contributed by atoms with van der Waals surface area (Å²) in [5.41, 5.74) is 0. The SMILES string of the molecule is OCCN1CC2CCC1C2. The molecule has 2 heteroatoms. The average molecular weight is 141 g/mol. The zero-order chi connectivity index (χ0) is 6.97. The van der Waals surface area contributed by atoms with E-state index in [4.69, 9.17) is 5.11 Å². The molecule has 1 N–H and O–H groups in total. The molecule has 0 amide bonds. The van der Waals surface area contributed by atoms with Gasteiger partial charge in [-0.25, -0.2) is 0 Å². The van der Waals surface area contributed by atoms with E-state index in [1.807, 2.05) is 0 Å². The normalized spacial score (nSPS) is 39.3. The average Bonchev–Trinajstić information content (AvgIpc) is 2.48. The summed E-state index contributed by atoms with van der Waals surface area (Å²) in [7, 11) is 0. The number of hydrogen-bond acceptors (Lipinski definition) is 2. The van der Waals surface area contributed by atoms with Gasteiger partial charge in [0, 0.05) is 19.1 Å². The summed E-state index contributed by atoms with van der Waals surface area (Å²) in [5.74, 6) is 0.969. The minimum absolute atomic E-state index is 0.337. The van der Waals surface area contributed by atoms with Gasteiger partial charge < -0.3 is 5.11 Å². The Labute approximate surface area is 61.8 Å². The highest BCUT2D eigenvalue weighted by molar-refractivity contribution is 4.91. The molecular weight excluding hydrogens is 126 g/mol. The van der Waals surface area contributed by atoms with Crippen molar-refractivity contribution in [2.45, 2.75) is 25.3 Å². The molecule has 2 bridgehead atoms. The van der Waals surface area contributed by atoms with E-state index in [1.165, 1.54) is 25.8 Å². The van der Waals surface area contributed by atoms with Crippen LogP contribution in [0.1, 0.15) is 19.3 Å². The molecule has 0 aromatic carbocycles. The molecule has 1 aliphatic heterocycles. The first-order valence-corrected chi connectivity index (χ1v) is 4.25. The Morgan fingerprint density at radius 3 is 2.80 bits per heavy atom. The number of hydrogen-bond donors (Lipinski definition) is 1. The molecule has 2 rings (SSSR count). The largest absolute Gasteiger partial charge is 0.395 e. The topological polar surface area (TPSA) is 23.5 Å². The molecule has 2 aliphatic rings. The molecule has 1 aliphatic carbocycles. The number of rotatable bonds is 2. The number of fused-ring (bicyclic) bond motifs is 2. The van der Waals surface area contributed by atoms with E-state index < -0.39 is 0 Å². The summed E-state index contributed by atoms with van der Waals surface area (Å²) in [6.45, 7) is 2.50. The van der Waals surface area contributed by atoms with E-state index >= 15 is 0 Å². The van der Waals surface area contributed by atoms with Gasteiger partial charge >= 0.3 is 0 Å². The molecule has 0 aromatic rings.